The van der Waals surface area contributed by atoms with Gasteiger partial charge in [0.2, 0.25) is 0 Å². The normalized spacial score (nSPS) is 12.9. The molecule has 5 nitrogen and oxygen atoms in total. The number of Topliss-reactive ketones (excluding diaryl/α,β-unsaturated/α-hetero) is 1. The van der Waals surface area contributed by atoms with E-state index in [-0.39, 0.29) is 24.2 Å². The van der Waals surface area contributed by atoms with Gasteiger partial charge in [-0.1, -0.05) is 18.2 Å². The fourth-order valence-corrected chi connectivity index (χ4v) is 3.00. The van der Waals surface area contributed by atoms with Gasteiger partial charge in [-0.05, 0) is 26.0 Å². The molecule has 2 atom stereocenters. The highest BCUT2D eigenvalue weighted by molar-refractivity contribution is 7.09. The lowest BCUT2D eigenvalue weighted by Crippen LogP contribution is -2.35. The SMILES string of the molecule is Cc1csc(C(C#N)C(=O)CC(C)NC(=O)c2ccccc2)n1. The molecule has 1 amide bonds. The van der Waals surface area contributed by atoms with Crippen molar-refractivity contribution in [2.24, 2.45) is 0 Å². The summed E-state index contributed by atoms with van der Waals surface area (Å²) >= 11 is 1.31. The Hall–Kier alpha value is -2.52. The molecular formula is C17H17N3O2S. The lowest BCUT2D eigenvalue weighted by atomic mass is 10.0. The Morgan fingerprint density at radius 3 is 2.61 bits per heavy atom. The lowest BCUT2D eigenvalue weighted by Gasteiger charge is -2.14. The Kier molecular flexibility index (Phi) is 5.61. The van der Waals surface area contributed by atoms with Crippen molar-refractivity contribution >= 4 is 23.0 Å². The molecule has 1 N–H and O–H groups in total. The molecule has 23 heavy (non-hydrogen) atoms. The number of ketones is 1. The molecule has 1 aromatic heterocycles. The quantitative estimate of drug-likeness (QED) is 0.884. The van der Waals surface area contributed by atoms with Crippen LogP contribution in [0, 0.1) is 18.3 Å². The number of hydrogen-bond acceptors (Lipinski definition) is 5. The first-order valence-corrected chi connectivity index (χ1v) is 8.09. The molecular weight excluding hydrogens is 310 g/mol. The number of aromatic nitrogens is 1. The smallest absolute Gasteiger partial charge is 0.251 e. The number of nitriles is 1. The highest BCUT2D eigenvalue weighted by Crippen LogP contribution is 2.22. The van der Waals surface area contributed by atoms with Crippen LogP contribution in [0.25, 0.3) is 0 Å². The van der Waals surface area contributed by atoms with Gasteiger partial charge in [-0.3, -0.25) is 9.59 Å². The summed E-state index contributed by atoms with van der Waals surface area (Å²) in [6, 6.07) is 10.5. The number of benzene rings is 1. The van der Waals surface area contributed by atoms with Gasteiger partial charge in [0.25, 0.3) is 5.91 Å². The predicted molar refractivity (Wildman–Crippen MR) is 88.2 cm³/mol. The van der Waals surface area contributed by atoms with Gasteiger partial charge < -0.3 is 5.32 Å². The minimum Gasteiger partial charge on any atom is -0.349 e. The van der Waals surface area contributed by atoms with Crippen LogP contribution in [-0.2, 0) is 4.79 Å². The average molecular weight is 327 g/mol. The number of amides is 1. The van der Waals surface area contributed by atoms with E-state index in [2.05, 4.69) is 10.3 Å². The zero-order chi connectivity index (χ0) is 16.8. The van der Waals surface area contributed by atoms with Crippen LogP contribution < -0.4 is 5.32 Å². The number of rotatable bonds is 6. The first-order chi connectivity index (χ1) is 11.0. The van der Waals surface area contributed by atoms with Crippen LogP contribution in [0.15, 0.2) is 35.7 Å². The molecule has 0 spiro atoms. The molecule has 1 aromatic carbocycles. The van der Waals surface area contributed by atoms with Crippen molar-refractivity contribution < 1.29 is 9.59 Å². The molecule has 118 valence electrons. The van der Waals surface area contributed by atoms with Crippen molar-refractivity contribution in [2.75, 3.05) is 0 Å². The van der Waals surface area contributed by atoms with E-state index < -0.39 is 5.92 Å². The first kappa shape index (κ1) is 16.8. The van der Waals surface area contributed by atoms with Crippen molar-refractivity contribution in [3.05, 3.63) is 52.0 Å². The van der Waals surface area contributed by atoms with Crippen molar-refractivity contribution in [2.45, 2.75) is 32.2 Å². The minimum absolute atomic E-state index is 0.0927. The van der Waals surface area contributed by atoms with E-state index >= 15 is 0 Å². The van der Waals surface area contributed by atoms with Crippen LogP contribution in [0.4, 0.5) is 0 Å². The maximum Gasteiger partial charge on any atom is 0.251 e. The van der Waals surface area contributed by atoms with Crippen LogP contribution in [0.1, 0.15) is 40.3 Å². The van der Waals surface area contributed by atoms with Crippen molar-refractivity contribution in [1.82, 2.24) is 10.3 Å². The number of aryl methyl sites for hydroxylation is 1. The highest BCUT2D eigenvalue weighted by Gasteiger charge is 2.25. The van der Waals surface area contributed by atoms with Crippen LogP contribution >= 0.6 is 11.3 Å². The lowest BCUT2D eigenvalue weighted by molar-refractivity contribution is -0.119. The zero-order valence-corrected chi connectivity index (χ0v) is 13.8. The number of nitrogens with zero attached hydrogens (tertiary/aromatic N) is 2. The highest BCUT2D eigenvalue weighted by atomic mass is 32.1. The number of carbonyl (C=O) groups excluding carboxylic acids is 2. The summed E-state index contributed by atoms with van der Waals surface area (Å²) in [6.07, 6.45) is 0.0927. The molecule has 0 saturated heterocycles. The summed E-state index contributed by atoms with van der Waals surface area (Å²) in [5.41, 5.74) is 1.34. The van der Waals surface area contributed by atoms with E-state index in [1.54, 1.807) is 31.2 Å². The summed E-state index contributed by atoms with van der Waals surface area (Å²) < 4.78 is 0. The molecule has 0 aliphatic heterocycles. The third-order valence-corrected chi connectivity index (χ3v) is 4.28. The van der Waals surface area contributed by atoms with Gasteiger partial charge in [0.15, 0.2) is 11.7 Å². The summed E-state index contributed by atoms with van der Waals surface area (Å²) in [5.74, 6) is -1.34. The van der Waals surface area contributed by atoms with Gasteiger partial charge in [-0.25, -0.2) is 4.98 Å². The average Bonchev–Trinajstić information content (AvgIpc) is 2.94. The van der Waals surface area contributed by atoms with E-state index in [4.69, 9.17) is 0 Å². The fourth-order valence-electron chi connectivity index (χ4n) is 2.14. The molecule has 2 rings (SSSR count). The molecule has 0 bridgehead atoms. The van der Waals surface area contributed by atoms with Crippen molar-refractivity contribution in [3.63, 3.8) is 0 Å². The van der Waals surface area contributed by atoms with Crippen LogP contribution in [0.5, 0.6) is 0 Å². The standard InChI is InChI=1S/C17H17N3O2S/c1-11(19-16(22)13-6-4-3-5-7-13)8-15(21)14(9-18)17-20-12(2)10-23-17/h3-7,10-11,14H,8H2,1-2H3,(H,19,22). The maximum absolute atomic E-state index is 12.3. The topological polar surface area (TPSA) is 82.9 Å². The van der Waals surface area contributed by atoms with E-state index in [9.17, 15) is 14.9 Å². The second-order valence-corrected chi connectivity index (χ2v) is 6.19. The molecule has 1 heterocycles. The molecule has 6 heteroatoms. The number of nitrogens with one attached hydrogen (secondary N) is 1. The van der Waals surface area contributed by atoms with Gasteiger partial charge >= 0.3 is 0 Å². The minimum atomic E-state index is -0.871. The van der Waals surface area contributed by atoms with Gasteiger partial charge in [0.05, 0.1) is 6.07 Å². The van der Waals surface area contributed by atoms with Gasteiger partial charge in [0.1, 0.15) is 5.01 Å². The van der Waals surface area contributed by atoms with E-state index in [1.165, 1.54) is 11.3 Å². The molecule has 2 unspecified atom stereocenters. The maximum atomic E-state index is 12.3. The van der Waals surface area contributed by atoms with Gasteiger partial charge in [-0.2, -0.15) is 5.26 Å². The van der Waals surface area contributed by atoms with Crippen LogP contribution in [0.3, 0.4) is 0 Å². The Morgan fingerprint density at radius 1 is 1.35 bits per heavy atom. The number of hydrogen-bond donors (Lipinski definition) is 1. The van der Waals surface area contributed by atoms with E-state index in [0.29, 0.717) is 10.6 Å². The summed E-state index contributed by atoms with van der Waals surface area (Å²) in [6.45, 7) is 3.57. The van der Waals surface area contributed by atoms with E-state index in [1.807, 2.05) is 24.4 Å². The number of thiazole rings is 1. The fraction of sp³-hybridized carbons (Fsp3) is 0.294. The Labute approximate surface area is 139 Å². The van der Waals surface area contributed by atoms with Gasteiger partial charge in [0, 0.05) is 29.1 Å². The Bertz CT molecular complexity index is 734. The second-order valence-electron chi connectivity index (χ2n) is 5.30. The summed E-state index contributed by atoms with van der Waals surface area (Å²) in [5, 5.41) is 14.3. The third kappa shape index (κ3) is 4.47. The van der Waals surface area contributed by atoms with E-state index in [0.717, 1.165) is 5.69 Å². The zero-order valence-electron chi connectivity index (χ0n) is 12.9. The Morgan fingerprint density at radius 2 is 2.04 bits per heavy atom. The summed E-state index contributed by atoms with van der Waals surface area (Å²) in [7, 11) is 0. The second kappa shape index (κ2) is 7.65. The first-order valence-electron chi connectivity index (χ1n) is 7.21. The van der Waals surface area contributed by atoms with Crippen molar-refractivity contribution in [3.8, 4) is 6.07 Å². The molecule has 0 radical (unpaired) electrons. The summed E-state index contributed by atoms with van der Waals surface area (Å²) in [4.78, 5) is 28.6. The monoisotopic (exact) mass is 327 g/mol. The van der Waals surface area contributed by atoms with Crippen LogP contribution in [-0.4, -0.2) is 22.7 Å². The molecule has 0 fully saturated rings. The van der Waals surface area contributed by atoms with Crippen LogP contribution in [0.2, 0.25) is 0 Å². The molecule has 0 saturated carbocycles. The van der Waals surface area contributed by atoms with Crippen molar-refractivity contribution in [1.29, 1.82) is 5.26 Å². The Balaban J connectivity index is 1.96. The molecule has 0 aliphatic rings. The molecule has 2 aromatic rings. The van der Waals surface area contributed by atoms with Gasteiger partial charge in [-0.15, -0.1) is 11.3 Å². The molecule has 0 aliphatic carbocycles. The number of carbonyl (C=O) groups is 2. The largest absolute Gasteiger partial charge is 0.349 e. The predicted octanol–water partition coefficient (Wildman–Crippen LogP) is 2.84. The third-order valence-electron chi connectivity index (χ3n) is 3.26.